The summed E-state index contributed by atoms with van der Waals surface area (Å²) < 4.78 is 0. The summed E-state index contributed by atoms with van der Waals surface area (Å²) >= 11 is 0. The highest BCUT2D eigenvalue weighted by atomic mass is 16.2. The molecule has 0 aromatic heterocycles. The third kappa shape index (κ3) is 3.84. The summed E-state index contributed by atoms with van der Waals surface area (Å²) in [6.45, 7) is 1.80. The van der Waals surface area contributed by atoms with E-state index in [1.807, 2.05) is 24.1 Å². The number of nitrogens with zero attached hydrogens (tertiary/aromatic N) is 1. The van der Waals surface area contributed by atoms with Crippen LogP contribution in [0.3, 0.4) is 0 Å². The number of para-hydroxylation sites is 1. The second kappa shape index (κ2) is 7.25. The van der Waals surface area contributed by atoms with Gasteiger partial charge >= 0.3 is 0 Å². The Morgan fingerprint density at radius 1 is 1.19 bits per heavy atom. The monoisotopic (exact) mass is 288 g/mol. The quantitative estimate of drug-likeness (QED) is 0.922. The Balaban J connectivity index is 2.16. The lowest BCUT2D eigenvalue weighted by molar-refractivity contribution is -0.115. The summed E-state index contributed by atoms with van der Waals surface area (Å²) in [6, 6.07) is 7.57. The van der Waals surface area contributed by atoms with Gasteiger partial charge < -0.3 is 10.2 Å². The van der Waals surface area contributed by atoms with Crippen molar-refractivity contribution < 1.29 is 9.59 Å². The van der Waals surface area contributed by atoms with Gasteiger partial charge in [-0.1, -0.05) is 38.3 Å². The molecule has 1 saturated carbocycles. The Morgan fingerprint density at radius 3 is 2.52 bits per heavy atom. The fourth-order valence-corrected chi connectivity index (χ4v) is 2.84. The molecule has 1 aliphatic rings. The largest absolute Gasteiger partial charge is 0.339 e. The molecule has 1 aromatic rings. The molecule has 1 aromatic carbocycles. The fourth-order valence-electron chi connectivity index (χ4n) is 2.84. The van der Waals surface area contributed by atoms with Crippen molar-refractivity contribution in [1.82, 2.24) is 4.90 Å². The van der Waals surface area contributed by atoms with E-state index in [0.29, 0.717) is 23.7 Å². The summed E-state index contributed by atoms with van der Waals surface area (Å²) in [5.41, 5.74) is 1.18. The molecule has 0 radical (unpaired) electrons. The van der Waals surface area contributed by atoms with Crippen LogP contribution in [0, 0.1) is 0 Å². The summed E-state index contributed by atoms with van der Waals surface area (Å²) in [4.78, 5) is 26.1. The summed E-state index contributed by atoms with van der Waals surface area (Å²) in [7, 11) is 1.87. The molecule has 4 nitrogen and oxygen atoms in total. The third-order valence-corrected chi connectivity index (χ3v) is 4.20. The first-order chi connectivity index (χ1) is 10.1. The van der Waals surface area contributed by atoms with Gasteiger partial charge in [-0.15, -0.1) is 0 Å². The number of nitrogens with one attached hydrogen (secondary N) is 1. The third-order valence-electron chi connectivity index (χ3n) is 4.20. The molecule has 2 amide bonds. The van der Waals surface area contributed by atoms with Crippen LogP contribution in [0.4, 0.5) is 5.69 Å². The molecule has 0 heterocycles. The second-order valence-electron chi connectivity index (χ2n) is 5.66. The zero-order valence-electron chi connectivity index (χ0n) is 12.9. The maximum atomic E-state index is 12.7. The minimum atomic E-state index is -0.0735. The van der Waals surface area contributed by atoms with Crippen molar-refractivity contribution >= 4 is 17.5 Å². The Kier molecular flexibility index (Phi) is 5.37. The maximum absolute atomic E-state index is 12.7. The molecule has 0 bridgehead atoms. The van der Waals surface area contributed by atoms with Crippen LogP contribution < -0.4 is 5.32 Å². The molecule has 1 aliphatic carbocycles. The van der Waals surface area contributed by atoms with Crippen molar-refractivity contribution in [2.24, 2.45) is 0 Å². The van der Waals surface area contributed by atoms with Crippen molar-refractivity contribution in [1.29, 1.82) is 0 Å². The van der Waals surface area contributed by atoms with Gasteiger partial charge in [-0.05, 0) is 25.0 Å². The number of hydrogen-bond acceptors (Lipinski definition) is 2. The Labute approximate surface area is 126 Å². The molecular formula is C17H24N2O2. The van der Waals surface area contributed by atoms with Crippen molar-refractivity contribution in [3.8, 4) is 0 Å². The molecule has 114 valence electrons. The van der Waals surface area contributed by atoms with Crippen molar-refractivity contribution in [3.05, 3.63) is 29.8 Å². The lowest BCUT2D eigenvalue weighted by Crippen LogP contribution is -2.38. The minimum absolute atomic E-state index is 0.00565. The van der Waals surface area contributed by atoms with E-state index in [4.69, 9.17) is 0 Å². The van der Waals surface area contributed by atoms with Gasteiger partial charge in [0.15, 0.2) is 0 Å². The highest BCUT2D eigenvalue weighted by molar-refractivity contribution is 6.03. The molecule has 0 aliphatic heterocycles. The van der Waals surface area contributed by atoms with Gasteiger partial charge in [-0.2, -0.15) is 0 Å². The normalized spacial score (nSPS) is 15.5. The number of carbonyl (C=O) groups is 2. The van der Waals surface area contributed by atoms with Gasteiger partial charge in [0.1, 0.15) is 0 Å². The molecule has 0 atom stereocenters. The van der Waals surface area contributed by atoms with E-state index in [9.17, 15) is 9.59 Å². The standard InChI is InChI=1S/C17H24N2O2/c1-3-16(20)18-15-12-8-7-11-14(15)17(21)19(2)13-9-5-4-6-10-13/h7-8,11-13H,3-6,9-10H2,1-2H3,(H,18,20). The van der Waals surface area contributed by atoms with Crippen LogP contribution in [-0.2, 0) is 4.79 Å². The minimum Gasteiger partial charge on any atom is -0.339 e. The van der Waals surface area contributed by atoms with Gasteiger partial charge in [0.2, 0.25) is 5.91 Å². The van der Waals surface area contributed by atoms with Crippen molar-refractivity contribution in [3.63, 3.8) is 0 Å². The zero-order valence-corrected chi connectivity index (χ0v) is 12.9. The topological polar surface area (TPSA) is 49.4 Å². The average molecular weight is 288 g/mol. The first-order valence-electron chi connectivity index (χ1n) is 7.79. The lowest BCUT2D eigenvalue weighted by atomic mass is 9.94. The molecular weight excluding hydrogens is 264 g/mol. The zero-order chi connectivity index (χ0) is 15.2. The number of benzene rings is 1. The number of anilines is 1. The van der Waals surface area contributed by atoms with E-state index in [0.717, 1.165) is 12.8 Å². The lowest BCUT2D eigenvalue weighted by Gasteiger charge is -2.31. The Hall–Kier alpha value is -1.84. The highest BCUT2D eigenvalue weighted by Gasteiger charge is 2.24. The van der Waals surface area contributed by atoms with E-state index in [1.54, 1.807) is 19.1 Å². The Bertz CT molecular complexity index is 507. The summed E-state index contributed by atoms with van der Waals surface area (Å²) in [6.07, 6.45) is 6.20. The summed E-state index contributed by atoms with van der Waals surface area (Å²) in [5, 5.41) is 2.81. The predicted octanol–water partition coefficient (Wildman–Crippen LogP) is 3.44. The number of carbonyl (C=O) groups excluding carboxylic acids is 2. The van der Waals surface area contributed by atoms with Gasteiger partial charge in [0, 0.05) is 19.5 Å². The summed E-state index contributed by atoms with van der Waals surface area (Å²) in [5.74, 6) is -0.0792. The smallest absolute Gasteiger partial charge is 0.255 e. The molecule has 21 heavy (non-hydrogen) atoms. The van der Waals surface area contributed by atoms with Crippen molar-refractivity contribution in [2.75, 3.05) is 12.4 Å². The number of amides is 2. The molecule has 2 rings (SSSR count). The molecule has 0 saturated heterocycles. The first-order valence-corrected chi connectivity index (χ1v) is 7.79. The molecule has 0 unspecified atom stereocenters. The molecule has 4 heteroatoms. The van der Waals surface area contributed by atoms with Crippen LogP contribution >= 0.6 is 0 Å². The number of hydrogen-bond donors (Lipinski definition) is 1. The van der Waals surface area contributed by atoms with E-state index in [2.05, 4.69) is 5.32 Å². The van der Waals surface area contributed by atoms with Crippen LogP contribution in [0.1, 0.15) is 55.8 Å². The van der Waals surface area contributed by atoms with Crippen LogP contribution in [0.5, 0.6) is 0 Å². The predicted molar refractivity (Wildman–Crippen MR) is 84.3 cm³/mol. The SMILES string of the molecule is CCC(=O)Nc1ccccc1C(=O)N(C)C1CCCCC1. The van der Waals surface area contributed by atoms with E-state index < -0.39 is 0 Å². The van der Waals surface area contributed by atoms with Gasteiger partial charge in [0.05, 0.1) is 11.3 Å². The second-order valence-corrected chi connectivity index (χ2v) is 5.66. The molecule has 0 spiro atoms. The number of rotatable bonds is 4. The van der Waals surface area contributed by atoms with E-state index in [-0.39, 0.29) is 11.8 Å². The van der Waals surface area contributed by atoms with Crippen molar-refractivity contribution in [2.45, 2.75) is 51.5 Å². The average Bonchev–Trinajstić information content (AvgIpc) is 2.54. The van der Waals surface area contributed by atoms with E-state index >= 15 is 0 Å². The van der Waals surface area contributed by atoms with Crippen LogP contribution in [0.25, 0.3) is 0 Å². The molecule has 1 N–H and O–H groups in total. The van der Waals surface area contributed by atoms with E-state index in [1.165, 1.54) is 19.3 Å². The van der Waals surface area contributed by atoms with Crippen LogP contribution in [0.2, 0.25) is 0 Å². The van der Waals surface area contributed by atoms with Gasteiger partial charge in [-0.3, -0.25) is 9.59 Å². The molecule has 1 fully saturated rings. The Morgan fingerprint density at radius 2 is 1.86 bits per heavy atom. The maximum Gasteiger partial charge on any atom is 0.255 e. The van der Waals surface area contributed by atoms with Gasteiger partial charge in [0.25, 0.3) is 5.91 Å². The van der Waals surface area contributed by atoms with Crippen LogP contribution in [-0.4, -0.2) is 29.8 Å². The van der Waals surface area contributed by atoms with Crippen LogP contribution in [0.15, 0.2) is 24.3 Å². The highest BCUT2D eigenvalue weighted by Crippen LogP contribution is 2.25. The fraction of sp³-hybridized carbons (Fsp3) is 0.529. The van der Waals surface area contributed by atoms with Gasteiger partial charge in [-0.25, -0.2) is 0 Å². The first kappa shape index (κ1) is 15.5.